The van der Waals surface area contributed by atoms with E-state index in [0.29, 0.717) is 0 Å². The molecule has 0 aromatic carbocycles. The van der Waals surface area contributed by atoms with Gasteiger partial charge in [0.05, 0.1) is 0 Å². The van der Waals surface area contributed by atoms with Crippen LogP contribution in [0.3, 0.4) is 0 Å². The van der Waals surface area contributed by atoms with Gasteiger partial charge >= 0.3 is 23.3 Å². The van der Waals surface area contributed by atoms with E-state index in [4.69, 9.17) is 0 Å². The summed E-state index contributed by atoms with van der Waals surface area (Å²) in [6, 6.07) is 0. The summed E-state index contributed by atoms with van der Waals surface area (Å²) >= 11 is 0. The van der Waals surface area contributed by atoms with Crippen molar-refractivity contribution in [2.24, 2.45) is 0 Å². The zero-order valence-corrected chi connectivity index (χ0v) is 11.3. The van der Waals surface area contributed by atoms with Gasteiger partial charge in [0.2, 0.25) is 6.67 Å². The van der Waals surface area contributed by atoms with E-state index in [1.807, 2.05) is 0 Å². The lowest BCUT2D eigenvalue weighted by Gasteiger charge is -2.13. The summed E-state index contributed by atoms with van der Waals surface area (Å²) in [6.45, 7) is -1.41. The highest BCUT2D eigenvalue weighted by Crippen LogP contribution is 2.27. The van der Waals surface area contributed by atoms with Crippen molar-refractivity contribution < 1.29 is 29.2 Å². The summed E-state index contributed by atoms with van der Waals surface area (Å²) in [4.78, 5) is 41.2. The van der Waals surface area contributed by atoms with Crippen molar-refractivity contribution in [1.82, 2.24) is 20.6 Å². The topological polar surface area (TPSA) is 257 Å². The number of anilines is 2. The zero-order valence-electron chi connectivity index (χ0n) is 11.3. The van der Waals surface area contributed by atoms with Gasteiger partial charge in [-0.1, -0.05) is 0 Å². The number of nitrogens with zero attached hydrogens (tertiary/aromatic N) is 10. The maximum absolute atomic E-state index is 11.1. The van der Waals surface area contributed by atoms with Gasteiger partial charge in [-0.05, 0) is 19.9 Å². The Bertz CT molecular complexity index is 773. The Hall–Kier alpha value is -4.52. The first-order chi connectivity index (χ1) is 11.7. The van der Waals surface area contributed by atoms with E-state index in [1.165, 1.54) is 0 Å². The van der Waals surface area contributed by atoms with Crippen LogP contribution in [0.2, 0.25) is 0 Å². The van der Waals surface area contributed by atoms with Crippen LogP contribution in [0, 0.1) is 40.5 Å². The number of hydrogen-bond acceptors (Lipinski definition) is 14. The molecule has 2 rings (SSSR count). The Morgan fingerprint density at radius 3 is 1.36 bits per heavy atom. The number of aromatic nitrogens is 4. The molecule has 0 saturated heterocycles. The Balaban J connectivity index is 2.45. The van der Waals surface area contributed by atoms with Gasteiger partial charge in [-0.3, -0.25) is 0 Å². The standard InChI is InChI=1S/C5H2N10O10/c16-12(17)4-2(6-24-8-4)10(14(20)21)1-11(15(22)23)3-5(13(18)19)9-25-7-3/h1H2. The van der Waals surface area contributed by atoms with Gasteiger partial charge in [0.1, 0.15) is 0 Å². The zero-order chi connectivity index (χ0) is 18.7. The molecule has 0 unspecified atom stereocenters. The maximum atomic E-state index is 11.1. The maximum Gasteiger partial charge on any atom is 0.465 e. The molecule has 132 valence electrons. The highest BCUT2D eigenvalue weighted by molar-refractivity contribution is 5.53. The quantitative estimate of drug-likeness (QED) is 0.307. The highest BCUT2D eigenvalue weighted by atomic mass is 16.7. The van der Waals surface area contributed by atoms with Crippen LogP contribution in [0.25, 0.3) is 0 Å². The Labute approximate surface area is 131 Å². The molecule has 0 amide bonds. The molecule has 0 fully saturated rings. The molecule has 2 aromatic heterocycles. The minimum atomic E-state index is -1.41. The molecule has 2 heterocycles. The predicted molar refractivity (Wildman–Crippen MR) is 65.7 cm³/mol. The fourth-order valence-corrected chi connectivity index (χ4v) is 1.43. The smallest absolute Gasteiger partial charge is 0.358 e. The number of hydrazine groups is 2. The van der Waals surface area contributed by atoms with Crippen LogP contribution >= 0.6 is 0 Å². The summed E-state index contributed by atoms with van der Waals surface area (Å²) in [5, 5.41) is 52.0. The van der Waals surface area contributed by atoms with Crippen molar-refractivity contribution in [2.75, 3.05) is 16.7 Å². The van der Waals surface area contributed by atoms with Crippen LogP contribution in [-0.4, -0.2) is 47.2 Å². The molecule has 0 atom stereocenters. The molecule has 0 radical (unpaired) electrons. The average molecular weight is 362 g/mol. The molecule has 0 aliphatic heterocycles. The normalized spacial score (nSPS) is 10.2. The second-order valence-electron chi connectivity index (χ2n) is 3.75. The van der Waals surface area contributed by atoms with Gasteiger partial charge in [0.15, 0.2) is 20.4 Å². The van der Waals surface area contributed by atoms with Crippen LogP contribution in [0.1, 0.15) is 0 Å². The van der Waals surface area contributed by atoms with E-state index in [9.17, 15) is 40.5 Å². The summed E-state index contributed by atoms with van der Waals surface area (Å²) < 4.78 is 8.00. The van der Waals surface area contributed by atoms with E-state index in [-0.39, 0.29) is 10.0 Å². The van der Waals surface area contributed by atoms with Gasteiger partial charge in [0.25, 0.3) is 0 Å². The van der Waals surface area contributed by atoms with Crippen LogP contribution in [0.4, 0.5) is 23.3 Å². The Kier molecular flexibility index (Phi) is 4.25. The van der Waals surface area contributed by atoms with Crippen LogP contribution < -0.4 is 10.0 Å². The number of hydrogen-bond donors (Lipinski definition) is 0. The second-order valence-corrected chi connectivity index (χ2v) is 3.75. The molecule has 25 heavy (non-hydrogen) atoms. The van der Waals surface area contributed by atoms with Crippen molar-refractivity contribution in [2.45, 2.75) is 0 Å². The van der Waals surface area contributed by atoms with Crippen molar-refractivity contribution in [1.29, 1.82) is 0 Å². The molecule has 0 aliphatic carbocycles. The predicted octanol–water partition coefficient (Wildman–Crippen LogP) is -1.08. The van der Waals surface area contributed by atoms with E-state index in [0.717, 1.165) is 0 Å². The molecule has 0 aliphatic rings. The van der Waals surface area contributed by atoms with Crippen molar-refractivity contribution >= 4 is 23.3 Å². The Morgan fingerprint density at radius 2 is 1.08 bits per heavy atom. The summed E-state index contributed by atoms with van der Waals surface area (Å²) in [5.74, 6) is -4.62. The third-order valence-corrected chi connectivity index (χ3v) is 2.41. The molecular formula is C5H2N10O10. The van der Waals surface area contributed by atoms with E-state index in [1.54, 1.807) is 0 Å². The fourth-order valence-electron chi connectivity index (χ4n) is 1.43. The first-order valence-electron chi connectivity index (χ1n) is 5.51. The van der Waals surface area contributed by atoms with Crippen LogP contribution in [0.5, 0.6) is 0 Å². The molecule has 2 aromatic rings. The van der Waals surface area contributed by atoms with E-state index < -0.39 is 49.9 Å². The minimum absolute atomic E-state index is 0.212. The molecule has 0 N–H and O–H groups in total. The third kappa shape index (κ3) is 3.15. The lowest BCUT2D eigenvalue weighted by atomic mass is 10.6. The SMILES string of the molecule is O=[N+]([O-])c1nonc1N(CN(c1nonc1[N+](=O)[O-])[N+](=O)[O-])[N+](=O)[O-]. The minimum Gasteiger partial charge on any atom is -0.358 e. The molecule has 20 heteroatoms. The van der Waals surface area contributed by atoms with Crippen molar-refractivity contribution in [3.05, 3.63) is 40.5 Å². The second kappa shape index (κ2) is 6.31. The molecule has 0 saturated carbocycles. The van der Waals surface area contributed by atoms with Crippen molar-refractivity contribution in [3.8, 4) is 0 Å². The largest absolute Gasteiger partial charge is 0.465 e. The van der Waals surface area contributed by atoms with E-state index in [2.05, 4.69) is 29.9 Å². The number of nitro groups is 4. The molecule has 20 nitrogen and oxygen atoms in total. The fraction of sp³-hybridized carbons (Fsp3) is 0.200. The lowest BCUT2D eigenvalue weighted by Crippen LogP contribution is -2.45. The number of rotatable bonds is 8. The van der Waals surface area contributed by atoms with Crippen molar-refractivity contribution in [3.63, 3.8) is 0 Å². The first-order valence-corrected chi connectivity index (χ1v) is 5.51. The van der Waals surface area contributed by atoms with Gasteiger partial charge in [-0.2, -0.15) is 0 Å². The molecule has 0 bridgehead atoms. The average Bonchev–Trinajstić information content (AvgIpc) is 3.15. The van der Waals surface area contributed by atoms with E-state index >= 15 is 0 Å². The lowest BCUT2D eigenvalue weighted by molar-refractivity contribution is -0.526. The molecule has 0 spiro atoms. The highest BCUT2D eigenvalue weighted by Gasteiger charge is 2.43. The first kappa shape index (κ1) is 16.8. The van der Waals surface area contributed by atoms with Gasteiger partial charge in [-0.15, -0.1) is 9.26 Å². The third-order valence-electron chi connectivity index (χ3n) is 2.41. The molecular weight excluding hydrogens is 360 g/mol. The van der Waals surface area contributed by atoms with Crippen LogP contribution in [0.15, 0.2) is 9.26 Å². The summed E-state index contributed by atoms with van der Waals surface area (Å²) in [6.07, 6.45) is 0. The van der Waals surface area contributed by atoms with Gasteiger partial charge < -0.3 is 20.2 Å². The summed E-state index contributed by atoms with van der Waals surface area (Å²) in [5.41, 5.74) is 0. The summed E-state index contributed by atoms with van der Waals surface area (Å²) in [7, 11) is 0. The Morgan fingerprint density at radius 1 is 0.720 bits per heavy atom. The van der Waals surface area contributed by atoms with Gasteiger partial charge in [-0.25, -0.2) is 20.2 Å². The monoisotopic (exact) mass is 362 g/mol. The van der Waals surface area contributed by atoms with Gasteiger partial charge in [0, 0.05) is 10.3 Å². The van der Waals surface area contributed by atoms with Crippen LogP contribution in [-0.2, 0) is 0 Å².